The standard InChI is InChI=1S/C17H23NO2S/c1-11-8-18(10-17(11,20)13-6-7-13)16(19)15-14-5-3-2-4-12(14)9-21-15/h9,11,13,20H,2-8,10H2,1H3/t11-,17+/m1/s1. The van der Waals surface area contributed by atoms with Gasteiger partial charge in [0.25, 0.3) is 5.91 Å². The number of nitrogens with zero attached hydrogens (tertiary/aromatic N) is 1. The van der Waals surface area contributed by atoms with Gasteiger partial charge in [0.05, 0.1) is 17.0 Å². The van der Waals surface area contributed by atoms with Gasteiger partial charge in [-0.05, 0) is 60.9 Å². The fourth-order valence-corrected chi connectivity index (χ4v) is 5.25. The van der Waals surface area contributed by atoms with Crippen LogP contribution in [0, 0.1) is 11.8 Å². The van der Waals surface area contributed by atoms with E-state index in [0.29, 0.717) is 19.0 Å². The van der Waals surface area contributed by atoms with Crippen LogP contribution in [-0.4, -0.2) is 34.6 Å². The molecule has 1 aromatic rings. The third kappa shape index (κ3) is 2.15. The Morgan fingerprint density at radius 1 is 1.38 bits per heavy atom. The highest BCUT2D eigenvalue weighted by atomic mass is 32.1. The molecule has 1 saturated carbocycles. The van der Waals surface area contributed by atoms with E-state index in [4.69, 9.17) is 0 Å². The van der Waals surface area contributed by atoms with Crippen LogP contribution in [0.3, 0.4) is 0 Å². The number of likely N-dealkylation sites (tertiary alicyclic amines) is 1. The van der Waals surface area contributed by atoms with E-state index >= 15 is 0 Å². The average molecular weight is 305 g/mol. The van der Waals surface area contributed by atoms with E-state index in [-0.39, 0.29) is 11.8 Å². The second-order valence-corrected chi connectivity index (χ2v) is 8.01. The van der Waals surface area contributed by atoms with E-state index in [9.17, 15) is 9.90 Å². The van der Waals surface area contributed by atoms with Gasteiger partial charge in [-0.2, -0.15) is 0 Å². The van der Waals surface area contributed by atoms with Gasteiger partial charge in [0.2, 0.25) is 0 Å². The van der Waals surface area contributed by atoms with Crippen LogP contribution in [-0.2, 0) is 12.8 Å². The van der Waals surface area contributed by atoms with Crippen molar-refractivity contribution in [3.8, 4) is 0 Å². The van der Waals surface area contributed by atoms with Gasteiger partial charge >= 0.3 is 0 Å². The van der Waals surface area contributed by atoms with Crippen molar-refractivity contribution in [1.82, 2.24) is 4.90 Å². The minimum Gasteiger partial charge on any atom is -0.387 e. The number of rotatable bonds is 2. The maximum Gasteiger partial charge on any atom is 0.264 e. The number of carbonyl (C=O) groups is 1. The first-order chi connectivity index (χ1) is 10.1. The van der Waals surface area contributed by atoms with E-state index in [1.54, 1.807) is 11.3 Å². The molecule has 21 heavy (non-hydrogen) atoms. The van der Waals surface area contributed by atoms with E-state index in [2.05, 4.69) is 12.3 Å². The van der Waals surface area contributed by atoms with Crippen LogP contribution < -0.4 is 0 Å². The summed E-state index contributed by atoms with van der Waals surface area (Å²) < 4.78 is 0. The molecule has 4 rings (SSSR count). The lowest BCUT2D eigenvalue weighted by Crippen LogP contribution is -2.40. The van der Waals surface area contributed by atoms with E-state index in [1.807, 2.05) is 4.90 Å². The third-order valence-corrected chi connectivity index (χ3v) is 6.72. The predicted molar refractivity (Wildman–Crippen MR) is 83.7 cm³/mol. The molecule has 3 nitrogen and oxygen atoms in total. The lowest BCUT2D eigenvalue weighted by atomic mass is 9.88. The number of carbonyl (C=O) groups excluding carboxylic acids is 1. The number of aryl methyl sites for hydroxylation is 1. The molecule has 2 fully saturated rings. The highest BCUT2D eigenvalue weighted by molar-refractivity contribution is 7.12. The van der Waals surface area contributed by atoms with Crippen molar-refractivity contribution < 1.29 is 9.90 Å². The number of fused-ring (bicyclic) bond motifs is 1. The van der Waals surface area contributed by atoms with Crippen LogP contribution in [0.5, 0.6) is 0 Å². The zero-order valence-corrected chi connectivity index (χ0v) is 13.4. The van der Waals surface area contributed by atoms with Crippen LogP contribution in [0.4, 0.5) is 0 Å². The second kappa shape index (κ2) is 4.82. The molecule has 114 valence electrons. The SMILES string of the molecule is C[C@@H]1CN(C(=O)c2scc3c2CCCC3)C[C@@]1(O)C1CC1. The number of amides is 1. The van der Waals surface area contributed by atoms with Crippen LogP contribution in [0.1, 0.15) is 53.4 Å². The molecular weight excluding hydrogens is 282 g/mol. The van der Waals surface area contributed by atoms with Crippen molar-refractivity contribution in [1.29, 1.82) is 0 Å². The molecule has 0 bridgehead atoms. The van der Waals surface area contributed by atoms with Crippen molar-refractivity contribution >= 4 is 17.2 Å². The maximum absolute atomic E-state index is 12.9. The molecule has 0 spiro atoms. The summed E-state index contributed by atoms with van der Waals surface area (Å²) in [5.41, 5.74) is 2.05. The van der Waals surface area contributed by atoms with E-state index < -0.39 is 5.60 Å². The van der Waals surface area contributed by atoms with Crippen LogP contribution >= 0.6 is 11.3 Å². The molecule has 0 radical (unpaired) electrons. The molecule has 3 aliphatic rings. The first kappa shape index (κ1) is 13.8. The molecule has 0 unspecified atom stereocenters. The summed E-state index contributed by atoms with van der Waals surface area (Å²) in [5.74, 6) is 0.777. The summed E-state index contributed by atoms with van der Waals surface area (Å²) in [4.78, 5) is 15.7. The molecule has 4 heteroatoms. The quantitative estimate of drug-likeness (QED) is 0.913. The van der Waals surface area contributed by atoms with Crippen molar-refractivity contribution in [3.63, 3.8) is 0 Å². The molecule has 1 aliphatic heterocycles. The molecule has 1 amide bonds. The zero-order valence-electron chi connectivity index (χ0n) is 12.6. The lowest BCUT2D eigenvalue weighted by Gasteiger charge is -2.26. The van der Waals surface area contributed by atoms with Gasteiger partial charge in [-0.1, -0.05) is 6.92 Å². The first-order valence-corrected chi connectivity index (χ1v) is 9.08. The maximum atomic E-state index is 12.9. The summed E-state index contributed by atoms with van der Waals surface area (Å²) >= 11 is 1.61. The van der Waals surface area contributed by atoms with Gasteiger partial charge in [-0.25, -0.2) is 0 Å². The van der Waals surface area contributed by atoms with Gasteiger partial charge in [0.15, 0.2) is 0 Å². The van der Waals surface area contributed by atoms with Crippen molar-refractivity contribution in [2.24, 2.45) is 11.8 Å². The molecular formula is C17H23NO2S. The monoisotopic (exact) mass is 305 g/mol. The Morgan fingerprint density at radius 2 is 2.14 bits per heavy atom. The number of hydrogen-bond donors (Lipinski definition) is 1. The highest BCUT2D eigenvalue weighted by Gasteiger charge is 2.53. The largest absolute Gasteiger partial charge is 0.387 e. The van der Waals surface area contributed by atoms with Gasteiger partial charge in [0, 0.05) is 12.5 Å². The number of hydrogen-bond acceptors (Lipinski definition) is 3. The third-order valence-electron chi connectivity index (χ3n) is 5.66. The average Bonchev–Trinajstić information content (AvgIpc) is 3.19. The smallest absolute Gasteiger partial charge is 0.264 e. The van der Waals surface area contributed by atoms with Crippen molar-refractivity contribution in [2.45, 2.75) is 51.0 Å². The van der Waals surface area contributed by atoms with Crippen LogP contribution in [0.25, 0.3) is 0 Å². The van der Waals surface area contributed by atoms with Crippen molar-refractivity contribution in [3.05, 3.63) is 21.4 Å². The molecule has 1 saturated heterocycles. The van der Waals surface area contributed by atoms with Gasteiger partial charge < -0.3 is 10.0 Å². The Kier molecular flexibility index (Phi) is 3.16. The molecule has 2 heterocycles. The fourth-order valence-electron chi connectivity index (χ4n) is 4.13. The number of thiophene rings is 1. The summed E-state index contributed by atoms with van der Waals surface area (Å²) in [6, 6.07) is 0. The van der Waals surface area contributed by atoms with Gasteiger partial charge in [-0.15, -0.1) is 11.3 Å². The minimum atomic E-state index is -0.632. The minimum absolute atomic E-state index is 0.159. The molecule has 0 aromatic carbocycles. The number of β-amino-alcohol motifs (C(OH)–C–C–N with tert-alkyl or cyclic N) is 1. The first-order valence-electron chi connectivity index (χ1n) is 8.20. The van der Waals surface area contributed by atoms with Crippen molar-refractivity contribution in [2.75, 3.05) is 13.1 Å². The predicted octanol–water partition coefficient (Wildman–Crippen LogP) is 2.86. The Balaban J connectivity index is 1.57. The van der Waals surface area contributed by atoms with E-state index in [0.717, 1.165) is 30.6 Å². The molecule has 1 aromatic heterocycles. The molecule has 1 N–H and O–H groups in total. The molecule has 2 atom stereocenters. The molecule has 2 aliphatic carbocycles. The summed E-state index contributed by atoms with van der Waals surface area (Å²) in [6.07, 6.45) is 6.87. The van der Waals surface area contributed by atoms with Crippen LogP contribution in [0.15, 0.2) is 5.38 Å². The summed E-state index contributed by atoms with van der Waals surface area (Å²) in [7, 11) is 0. The topological polar surface area (TPSA) is 40.5 Å². The Hall–Kier alpha value is -0.870. The summed E-state index contributed by atoms with van der Waals surface area (Å²) in [6.45, 7) is 3.33. The lowest BCUT2D eigenvalue weighted by molar-refractivity contribution is -0.00362. The number of aliphatic hydroxyl groups is 1. The fraction of sp³-hybridized carbons (Fsp3) is 0.706. The normalized spacial score (nSPS) is 32.3. The van der Waals surface area contributed by atoms with Crippen LogP contribution in [0.2, 0.25) is 0 Å². The van der Waals surface area contributed by atoms with E-state index in [1.165, 1.54) is 24.0 Å². The van der Waals surface area contributed by atoms with Gasteiger partial charge in [-0.3, -0.25) is 4.79 Å². The highest BCUT2D eigenvalue weighted by Crippen LogP contribution is 2.47. The second-order valence-electron chi connectivity index (χ2n) is 7.13. The Bertz CT molecular complexity index is 577. The Morgan fingerprint density at radius 3 is 2.90 bits per heavy atom. The van der Waals surface area contributed by atoms with Gasteiger partial charge in [0.1, 0.15) is 0 Å². The summed E-state index contributed by atoms with van der Waals surface area (Å²) in [5, 5.41) is 13.0. The zero-order chi connectivity index (χ0) is 14.6. The Labute approximate surface area is 130 Å².